The van der Waals surface area contributed by atoms with E-state index < -0.39 is 18.0 Å². The van der Waals surface area contributed by atoms with Crippen LogP contribution in [-0.2, 0) is 17.6 Å². The second kappa shape index (κ2) is 7.56. The van der Waals surface area contributed by atoms with Crippen molar-refractivity contribution in [3.63, 3.8) is 0 Å². The quantitative estimate of drug-likeness (QED) is 0.687. The van der Waals surface area contributed by atoms with E-state index in [9.17, 15) is 14.7 Å². The number of rotatable bonds is 8. The minimum Gasteiger partial charge on any atom is -0.481 e. The summed E-state index contributed by atoms with van der Waals surface area (Å²) in [6.45, 7) is 5.47. The normalized spacial score (nSPS) is 13.7. The zero-order valence-corrected chi connectivity index (χ0v) is 13.5. The minimum absolute atomic E-state index is 0.0827. The predicted octanol–water partition coefficient (Wildman–Crippen LogP) is 2.22. The lowest BCUT2D eigenvalue weighted by molar-refractivity contribution is -0.141. The highest BCUT2D eigenvalue weighted by Gasteiger charge is 2.25. The summed E-state index contributed by atoms with van der Waals surface area (Å²) in [6.07, 6.45) is 2.47. The average molecular weight is 313 g/mol. The van der Waals surface area contributed by atoms with Gasteiger partial charge in [0.2, 0.25) is 0 Å². The Bertz CT molecular complexity index is 508. The number of hydrogen-bond acceptors (Lipinski definition) is 4. The van der Waals surface area contributed by atoms with Gasteiger partial charge in [-0.15, -0.1) is 11.3 Å². The lowest BCUT2D eigenvalue weighted by Crippen LogP contribution is -2.41. The third-order valence-corrected chi connectivity index (χ3v) is 4.38. The van der Waals surface area contributed by atoms with Crippen LogP contribution in [0.25, 0.3) is 0 Å². The van der Waals surface area contributed by atoms with Gasteiger partial charge < -0.3 is 15.5 Å². The molecule has 0 fully saturated rings. The fraction of sp³-hybridized carbons (Fsp3) is 0.600. The summed E-state index contributed by atoms with van der Waals surface area (Å²) in [6, 6.07) is 1.89. The fourth-order valence-corrected chi connectivity index (χ4v) is 3.33. The highest BCUT2D eigenvalue weighted by molar-refractivity contribution is 7.14. The lowest BCUT2D eigenvalue weighted by atomic mass is 10.0. The van der Waals surface area contributed by atoms with Crippen molar-refractivity contribution in [1.29, 1.82) is 0 Å². The molecule has 1 amide bonds. The first-order valence-corrected chi connectivity index (χ1v) is 7.94. The molecule has 0 aromatic carbocycles. The zero-order valence-electron chi connectivity index (χ0n) is 12.7. The zero-order chi connectivity index (χ0) is 16.0. The van der Waals surface area contributed by atoms with Crippen LogP contribution in [0.1, 0.15) is 53.7 Å². The average Bonchev–Trinajstić information content (AvgIpc) is 2.78. The maximum Gasteiger partial charge on any atom is 0.306 e. The second-order valence-electron chi connectivity index (χ2n) is 5.41. The molecule has 0 saturated heterocycles. The van der Waals surface area contributed by atoms with Crippen LogP contribution in [0.5, 0.6) is 0 Å². The summed E-state index contributed by atoms with van der Waals surface area (Å²) in [7, 11) is 0. The number of thiophene rings is 1. The van der Waals surface area contributed by atoms with Gasteiger partial charge in [-0.25, -0.2) is 0 Å². The van der Waals surface area contributed by atoms with E-state index in [0.717, 1.165) is 19.3 Å². The second-order valence-corrected chi connectivity index (χ2v) is 6.55. The Morgan fingerprint density at radius 3 is 2.57 bits per heavy atom. The Morgan fingerprint density at radius 1 is 1.38 bits per heavy atom. The molecular formula is C15H23NO4S. The molecule has 0 aliphatic carbocycles. The number of aryl methyl sites for hydroxylation is 2. The number of aliphatic hydroxyl groups is 1. The molecule has 3 N–H and O–H groups in total. The van der Waals surface area contributed by atoms with E-state index in [-0.39, 0.29) is 12.5 Å². The molecule has 1 atom stereocenters. The standard InChI is InChI=1S/C15H23NO4S/c1-4-6-11-10(5-2)7-12(21-11)14(19)16-9-15(3,20)8-13(17)18/h7,20H,4-6,8-9H2,1-3H3,(H,16,19)(H,17,18). The molecule has 1 rings (SSSR count). The molecule has 118 valence electrons. The molecule has 1 heterocycles. The van der Waals surface area contributed by atoms with Crippen molar-refractivity contribution in [1.82, 2.24) is 5.32 Å². The summed E-state index contributed by atoms with van der Waals surface area (Å²) < 4.78 is 0. The SMILES string of the molecule is CCCc1sc(C(=O)NCC(C)(O)CC(=O)O)cc1CC. The third-order valence-electron chi connectivity index (χ3n) is 3.14. The molecule has 0 aliphatic rings. The summed E-state index contributed by atoms with van der Waals surface area (Å²) in [4.78, 5) is 24.6. The van der Waals surface area contributed by atoms with Crippen molar-refractivity contribution < 1.29 is 19.8 Å². The monoisotopic (exact) mass is 313 g/mol. The highest BCUT2D eigenvalue weighted by Crippen LogP contribution is 2.24. The van der Waals surface area contributed by atoms with E-state index >= 15 is 0 Å². The molecule has 0 spiro atoms. The summed E-state index contributed by atoms with van der Waals surface area (Å²) >= 11 is 1.47. The minimum atomic E-state index is -1.45. The van der Waals surface area contributed by atoms with Crippen LogP contribution >= 0.6 is 11.3 Å². The van der Waals surface area contributed by atoms with Crippen LogP contribution in [0.3, 0.4) is 0 Å². The van der Waals surface area contributed by atoms with E-state index in [2.05, 4.69) is 19.2 Å². The number of carboxylic acid groups (broad SMARTS) is 1. The Balaban J connectivity index is 2.69. The first-order chi connectivity index (χ1) is 9.79. The molecule has 1 unspecified atom stereocenters. The highest BCUT2D eigenvalue weighted by atomic mass is 32.1. The van der Waals surface area contributed by atoms with Gasteiger partial charge in [-0.1, -0.05) is 20.3 Å². The molecule has 5 nitrogen and oxygen atoms in total. The van der Waals surface area contributed by atoms with Crippen molar-refractivity contribution in [2.45, 2.75) is 52.1 Å². The number of aliphatic carboxylic acids is 1. The smallest absolute Gasteiger partial charge is 0.306 e. The van der Waals surface area contributed by atoms with Crippen LogP contribution in [-0.4, -0.2) is 34.2 Å². The van der Waals surface area contributed by atoms with E-state index in [1.54, 1.807) is 0 Å². The molecule has 0 radical (unpaired) electrons. The fourth-order valence-electron chi connectivity index (χ4n) is 2.06. The Morgan fingerprint density at radius 2 is 2.05 bits per heavy atom. The van der Waals surface area contributed by atoms with Gasteiger partial charge in [0.1, 0.15) is 0 Å². The lowest BCUT2D eigenvalue weighted by Gasteiger charge is -2.21. The van der Waals surface area contributed by atoms with Crippen molar-refractivity contribution in [3.8, 4) is 0 Å². The Kier molecular flexibility index (Phi) is 6.36. The predicted molar refractivity (Wildman–Crippen MR) is 82.9 cm³/mol. The third kappa shape index (κ3) is 5.47. The van der Waals surface area contributed by atoms with Gasteiger partial charge in [0.05, 0.1) is 16.9 Å². The first kappa shape index (κ1) is 17.7. The number of carboxylic acids is 1. The summed E-state index contributed by atoms with van der Waals surface area (Å²) in [5.41, 5.74) is -0.261. The van der Waals surface area contributed by atoms with Crippen molar-refractivity contribution in [2.75, 3.05) is 6.54 Å². The number of hydrogen-bond donors (Lipinski definition) is 3. The number of nitrogens with one attached hydrogen (secondary N) is 1. The molecule has 1 aromatic heterocycles. The van der Waals surface area contributed by atoms with Gasteiger partial charge in [-0.2, -0.15) is 0 Å². The Labute approximate surface area is 129 Å². The van der Waals surface area contributed by atoms with Crippen molar-refractivity contribution >= 4 is 23.2 Å². The molecule has 6 heteroatoms. The summed E-state index contributed by atoms with van der Waals surface area (Å²) in [5, 5.41) is 21.2. The van der Waals surface area contributed by atoms with E-state index in [4.69, 9.17) is 5.11 Å². The van der Waals surface area contributed by atoms with Gasteiger partial charge in [-0.3, -0.25) is 9.59 Å². The number of carbonyl (C=O) groups is 2. The van der Waals surface area contributed by atoms with E-state index in [0.29, 0.717) is 4.88 Å². The van der Waals surface area contributed by atoms with Gasteiger partial charge in [0, 0.05) is 11.4 Å². The van der Waals surface area contributed by atoms with Gasteiger partial charge in [-0.05, 0) is 31.4 Å². The van der Waals surface area contributed by atoms with Gasteiger partial charge >= 0.3 is 5.97 Å². The molecule has 21 heavy (non-hydrogen) atoms. The molecule has 0 saturated carbocycles. The maximum absolute atomic E-state index is 12.1. The topological polar surface area (TPSA) is 86.6 Å². The molecule has 0 aliphatic heterocycles. The van der Waals surface area contributed by atoms with Crippen LogP contribution in [0, 0.1) is 0 Å². The molecule has 1 aromatic rings. The number of amides is 1. The first-order valence-electron chi connectivity index (χ1n) is 7.13. The van der Waals surface area contributed by atoms with E-state index in [1.165, 1.54) is 28.7 Å². The van der Waals surface area contributed by atoms with Crippen LogP contribution in [0.15, 0.2) is 6.07 Å². The number of carbonyl (C=O) groups excluding carboxylic acids is 1. The van der Waals surface area contributed by atoms with Crippen molar-refractivity contribution in [3.05, 3.63) is 21.4 Å². The van der Waals surface area contributed by atoms with Crippen LogP contribution in [0.4, 0.5) is 0 Å². The van der Waals surface area contributed by atoms with Gasteiger partial charge in [0.15, 0.2) is 0 Å². The van der Waals surface area contributed by atoms with Crippen molar-refractivity contribution in [2.24, 2.45) is 0 Å². The molecular weight excluding hydrogens is 290 g/mol. The largest absolute Gasteiger partial charge is 0.481 e. The summed E-state index contributed by atoms with van der Waals surface area (Å²) in [5.74, 6) is -1.36. The van der Waals surface area contributed by atoms with Gasteiger partial charge in [0.25, 0.3) is 5.91 Å². The van der Waals surface area contributed by atoms with Crippen LogP contribution in [0.2, 0.25) is 0 Å². The maximum atomic E-state index is 12.1. The van der Waals surface area contributed by atoms with Crippen LogP contribution < -0.4 is 5.32 Å². The van der Waals surface area contributed by atoms with E-state index in [1.807, 2.05) is 6.07 Å². The Hall–Kier alpha value is -1.40. The molecule has 0 bridgehead atoms.